The Morgan fingerprint density at radius 3 is 1.53 bits per heavy atom. The summed E-state index contributed by atoms with van der Waals surface area (Å²) in [7, 11) is 0. The molecule has 1 heterocycles. The van der Waals surface area contributed by atoms with E-state index in [2.05, 4.69) is 205 Å². The summed E-state index contributed by atoms with van der Waals surface area (Å²) in [6, 6.07) is 77.4. The van der Waals surface area contributed by atoms with Crippen LogP contribution in [0.3, 0.4) is 0 Å². The number of furan rings is 1. The van der Waals surface area contributed by atoms with E-state index in [9.17, 15) is 0 Å². The zero-order valence-electron chi connectivity index (χ0n) is 31.1. The third kappa shape index (κ3) is 4.53. The van der Waals surface area contributed by atoms with Gasteiger partial charge in [0.25, 0.3) is 0 Å². The van der Waals surface area contributed by atoms with Gasteiger partial charge in [-0.15, -0.1) is 0 Å². The van der Waals surface area contributed by atoms with Crippen LogP contribution in [0.15, 0.2) is 217 Å². The first-order valence-corrected chi connectivity index (χ1v) is 19.7. The predicted molar refractivity (Wildman–Crippen MR) is 236 cm³/mol. The topological polar surface area (TPSA) is 16.4 Å². The smallest absolute Gasteiger partial charge is 0.143 e. The van der Waals surface area contributed by atoms with E-state index in [0.29, 0.717) is 0 Å². The highest BCUT2D eigenvalue weighted by Gasteiger charge is 2.52. The second-order valence-electron chi connectivity index (χ2n) is 15.2. The van der Waals surface area contributed by atoms with Crippen molar-refractivity contribution in [2.45, 2.75) is 5.41 Å². The molecule has 0 atom stereocenters. The molecule has 1 aromatic heterocycles. The van der Waals surface area contributed by atoms with Crippen LogP contribution in [0.2, 0.25) is 0 Å². The minimum Gasteiger partial charge on any atom is -0.455 e. The van der Waals surface area contributed by atoms with Gasteiger partial charge in [0, 0.05) is 33.3 Å². The SMILES string of the molecule is c1ccc(-c2ccc(N(c3ccc(-c4cccc5c4oc4ccccc45)cc3)c3cccc4c3-c3ccccc3C43c4ccccc4-c4ccccc43)cc2)cc1. The first-order chi connectivity index (χ1) is 28.3. The lowest BCUT2D eigenvalue weighted by Gasteiger charge is -2.32. The second-order valence-corrected chi connectivity index (χ2v) is 15.2. The fourth-order valence-electron chi connectivity index (χ4n) is 9.94. The number of benzene rings is 9. The van der Waals surface area contributed by atoms with E-state index in [1.165, 1.54) is 55.6 Å². The molecule has 0 amide bonds. The monoisotopic (exact) mass is 725 g/mol. The van der Waals surface area contributed by atoms with Gasteiger partial charge in [-0.3, -0.25) is 0 Å². The van der Waals surface area contributed by atoms with E-state index in [-0.39, 0.29) is 0 Å². The van der Waals surface area contributed by atoms with Crippen LogP contribution in [0.4, 0.5) is 17.1 Å². The zero-order valence-corrected chi connectivity index (χ0v) is 31.1. The molecule has 0 radical (unpaired) electrons. The first kappa shape index (κ1) is 31.9. The Bertz CT molecular complexity index is 3130. The number of hydrogen-bond acceptors (Lipinski definition) is 2. The van der Waals surface area contributed by atoms with Gasteiger partial charge >= 0.3 is 0 Å². The summed E-state index contributed by atoms with van der Waals surface area (Å²) in [6.07, 6.45) is 0. The van der Waals surface area contributed by atoms with Gasteiger partial charge in [0.2, 0.25) is 0 Å². The van der Waals surface area contributed by atoms with Crippen molar-refractivity contribution in [3.8, 4) is 44.5 Å². The molecule has 9 aromatic carbocycles. The van der Waals surface area contributed by atoms with Gasteiger partial charge in [0.05, 0.1) is 11.1 Å². The summed E-state index contributed by atoms with van der Waals surface area (Å²) in [6.45, 7) is 0. The molecule has 0 saturated heterocycles. The Morgan fingerprint density at radius 2 is 0.825 bits per heavy atom. The van der Waals surface area contributed by atoms with E-state index < -0.39 is 5.41 Å². The predicted octanol–water partition coefficient (Wildman–Crippen LogP) is 14.7. The van der Waals surface area contributed by atoms with Crippen LogP contribution < -0.4 is 4.90 Å². The maximum atomic E-state index is 6.47. The molecule has 2 aliphatic rings. The minimum absolute atomic E-state index is 0.424. The first-order valence-electron chi connectivity index (χ1n) is 19.7. The fourth-order valence-corrected chi connectivity index (χ4v) is 9.94. The van der Waals surface area contributed by atoms with E-state index in [1.54, 1.807) is 0 Å². The van der Waals surface area contributed by atoms with Gasteiger partial charge in [-0.1, -0.05) is 176 Å². The van der Waals surface area contributed by atoms with Crippen molar-refractivity contribution in [3.05, 3.63) is 235 Å². The van der Waals surface area contributed by atoms with Crippen LogP contribution >= 0.6 is 0 Å². The van der Waals surface area contributed by atoms with Crippen LogP contribution in [0.5, 0.6) is 0 Å². The molecule has 0 bridgehead atoms. The lowest BCUT2D eigenvalue weighted by atomic mass is 9.70. The molecule has 2 aliphatic carbocycles. The molecule has 1 spiro atoms. The van der Waals surface area contributed by atoms with Gasteiger partial charge < -0.3 is 9.32 Å². The van der Waals surface area contributed by atoms with Crippen molar-refractivity contribution >= 4 is 39.0 Å². The van der Waals surface area contributed by atoms with Gasteiger partial charge in [-0.25, -0.2) is 0 Å². The van der Waals surface area contributed by atoms with Crippen LogP contribution in [0.25, 0.3) is 66.4 Å². The summed E-state index contributed by atoms with van der Waals surface area (Å²) in [5.74, 6) is 0. The Balaban J connectivity index is 1.07. The summed E-state index contributed by atoms with van der Waals surface area (Å²) >= 11 is 0. The third-order valence-corrected chi connectivity index (χ3v) is 12.3. The van der Waals surface area contributed by atoms with E-state index in [0.717, 1.165) is 50.1 Å². The molecule has 0 aliphatic heterocycles. The van der Waals surface area contributed by atoms with E-state index in [1.807, 2.05) is 12.1 Å². The molecule has 0 saturated carbocycles. The number of hydrogen-bond donors (Lipinski definition) is 0. The second kappa shape index (κ2) is 12.3. The Hall–Kier alpha value is -7.42. The van der Waals surface area contributed by atoms with Crippen molar-refractivity contribution in [1.29, 1.82) is 0 Å². The number of nitrogens with zero attached hydrogens (tertiary/aromatic N) is 1. The number of anilines is 3. The average molecular weight is 726 g/mol. The molecule has 10 aromatic rings. The molecular formula is C55H35NO. The Labute approximate surface area is 331 Å². The number of rotatable bonds is 5. The van der Waals surface area contributed by atoms with Gasteiger partial charge in [0.15, 0.2) is 0 Å². The molecular weight excluding hydrogens is 691 g/mol. The maximum Gasteiger partial charge on any atom is 0.143 e. The minimum atomic E-state index is -0.424. The van der Waals surface area contributed by atoms with Crippen molar-refractivity contribution in [2.24, 2.45) is 0 Å². The van der Waals surface area contributed by atoms with Gasteiger partial charge in [-0.2, -0.15) is 0 Å². The summed E-state index contributed by atoms with van der Waals surface area (Å²) in [5.41, 5.74) is 19.8. The van der Waals surface area contributed by atoms with Crippen LogP contribution in [-0.2, 0) is 5.41 Å². The van der Waals surface area contributed by atoms with Crippen molar-refractivity contribution in [3.63, 3.8) is 0 Å². The average Bonchev–Trinajstić information content (AvgIpc) is 3.92. The Kier molecular flexibility index (Phi) is 6.88. The van der Waals surface area contributed by atoms with Crippen LogP contribution in [0.1, 0.15) is 22.3 Å². The summed E-state index contributed by atoms with van der Waals surface area (Å²) in [5, 5.41) is 2.27. The molecule has 0 fully saturated rings. The highest BCUT2D eigenvalue weighted by Crippen LogP contribution is 2.64. The number of para-hydroxylation sites is 2. The molecule has 2 nitrogen and oxygen atoms in total. The van der Waals surface area contributed by atoms with Crippen molar-refractivity contribution in [1.82, 2.24) is 0 Å². The highest BCUT2D eigenvalue weighted by atomic mass is 16.3. The lowest BCUT2D eigenvalue weighted by molar-refractivity contribution is 0.670. The largest absolute Gasteiger partial charge is 0.455 e. The number of fused-ring (bicyclic) bond motifs is 13. The van der Waals surface area contributed by atoms with E-state index >= 15 is 0 Å². The molecule has 0 unspecified atom stereocenters. The molecule has 2 heteroatoms. The maximum absolute atomic E-state index is 6.47. The van der Waals surface area contributed by atoms with Gasteiger partial charge in [0.1, 0.15) is 11.2 Å². The summed E-state index contributed by atoms with van der Waals surface area (Å²) in [4.78, 5) is 2.45. The standard InChI is InChI=1S/C55H35NO/c1-2-14-36(15-3-1)37-28-32-39(33-29-37)56(40-34-30-38(31-35-40)41-20-12-21-45-44-18-7-11-27-52(44)57-54(41)45)51-26-13-25-50-53(51)46-19-6-10-24-49(46)55(50)47-22-8-4-16-42(47)43-17-5-9-23-48(43)55/h1-35H. The Morgan fingerprint density at radius 1 is 0.333 bits per heavy atom. The van der Waals surface area contributed by atoms with Crippen molar-refractivity contribution in [2.75, 3.05) is 4.90 Å². The molecule has 57 heavy (non-hydrogen) atoms. The summed E-state index contributed by atoms with van der Waals surface area (Å²) < 4.78 is 6.47. The third-order valence-electron chi connectivity index (χ3n) is 12.3. The zero-order chi connectivity index (χ0) is 37.5. The van der Waals surface area contributed by atoms with Crippen LogP contribution in [0, 0.1) is 0 Å². The van der Waals surface area contributed by atoms with E-state index in [4.69, 9.17) is 4.42 Å². The highest BCUT2D eigenvalue weighted by molar-refractivity contribution is 6.09. The quantitative estimate of drug-likeness (QED) is 0.176. The van der Waals surface area contributed by atoms with Crippen molar-refractivity contribution < 1.29 is 4.42 Å². The van der Waals surface area contributed by atoms with Gasteiger partial charge in [-0.05, 0) is 92.0 Å². The molecule has 0 N–H and O–H groups in total. The molecule has 266 valence electrons. The van der Waals surface area contributed by atoms with Crippen LogP contribution in [-0.4, -0.2) is 0 Å². The lowest BCUT2D eigenvalue weighted by Crippen LogP contribution is -2.26. The molecule has 12 rings (SSSR count). The normalized spacial score (nSPS) is 13.1. The fraction of sp³-hybridized carbons (Fsp3) is 0.0182.